The summed E-state index contributed by atoms with van der Waals surface area (Å²) < 4.78 is 9.78. The molecule has 1 fully saturated rings. The quantitative estimate of drug-likeness (QED) is 0.291. The molecular weight excluding hydrogens is 137 g/mol. The van der Waals surface area contributed by atoms with E-state index in [-0.39, 0.29) is 25.3 Å². The molecule has 0 aromatic rings. The van der Waals surface area contributed by atoms with Crippen LogP contribution in [0.15, 0.2) is 0 Å². The molecule has 5 nitrogen and oxygen atoms in total. The fraction of sp³-hybridized carbons (Fsp3) is 1.00. The molecule has 0 unspecified atom stereocenters. The summed E-state index contributed by atoms with van der Waals surface area (Å²) in [7, 11) is -0.295. The highest BCUT2D eigenvalue weighted by atomic mass is 16.7. The van der Waals surface area contributed by atoms with E-state index in [1.54, 1.807) is 6.82 Å². The van der Waals surface area contributed by atoms with E-state index in [0.29, 0.717) is 0 Å². The zero-order valence-electron chi connectivity index (χ0n) is 5.65. The Morgan fingerprint density at radius 2 is 2.10 bits per heavy atom. The first-order valence-corrected chi connectivity index (χ1v) is 3.07. The van der Waals surface area contributed by atoms with E-state index in [1.807, 2.05) is 0 Å². The highest BCUT2D eigenvalue weighted by Gasteiger charge is 2.29. The summed E-state index contributed by atoms with van der Waals surface area (Å²) in [4.78, 5) is 9.72. The molecule has 1 rings (SSSR count). The van der Waals surface area contributed by atoms with Gasteiger partial charge in [-0.2, -0.15) is 0 Å². The molecule has 10 heavy (non-hydrogen) atoms. The molecule has 0 amide bonds. The molecule has 1 heterocycles. The van der Waals surface area contributed by atoms with Crippen molar-refractivity contribution in [1.82, 2.24) is 0 Å². The van der Waals surface area contributed by atoms with E-state index in [2.05, 4.69) is 0 Å². The fourth-order valence-electron chi connectivity index (χ4n) is 0.711. The molecule has 0 N–H and O–H groups in total. The van der Waals surface area contributed by atoms with Crippen LogP contribution in [0.4, 0.5) is 0 Å². The molecule has 0 aliphatic carbocycles. The van der Waals surface area contributed by atoms with Gasteiger partial charge in [0.05, 0.1) is 0 Å². The summed E-state index contributed by atoms with van der Waals surface area (Å²) in [6.45, 7) is 2.04. The van der Waals surface area contributed by atoms with Crippen LogP contribution >= 0.6 is 0 Å². The average molecular weight is 145 g/mol. The van der Waals surface area contributed by atoms with E-state index in [4.69, 9.17) is 9.31 Å². The van der Waals surface area contributed by atoms with Gasteiger partial charge in [-0.25, -0.2) is 0 Å². The van der Waals surface area contributed by atoms with Crippen molar-refractivity contribution in [2.75, 3.05) is 13.2 Å². The number of nitro groups is 1. The first-order valence-electron chi connectivity index (χ1n) is 3.07. The van der Waals surface area contributed by atoms with Crippen LogP contribution < -0.4 is 0 Å². The van der Waals surface area contributed by atoms with Gasteiger partial charge >= 0.3 is 7.12 Å². The second-order valence-electron chi connectivity index (χ2n) is 2.17. The van der Waals surface area contributed by atoms with Crippen molar-refractivity contribution in [1.29, 1.82) is 0 Å². The Kier molecular flexibility index (Phi) is 2.23. The minimum Gasteiger partial charge on any atom is -0.404 e. The predicted octanol–water partition coefficient (Wildman–Crippen LogP) is -0.204. The maximum absolute atomic E-state index is 10.1. The summed E-state index contributed by atoms with van der Waals surface area (Å²) in [5.74, 6) is 0. The molecule has 0 spiro atoms. The van der Waals surface area contributed by atoms with Gasteiger partial charge in [0.15, 0.2) is 0 Å². The molecule has 6 heteroatoms. The van der Waals surface area contributed by atoms with E-state index in [1.165, 1.54) is 0 Å². The topological polar surface area (TPSA) is 61.6 Å². The molecule has 56 valence electrons. The van der Waals surface area contributed by atoms with Crippen LogP contribution in [0, 0.1) is 10.1 Å². The van der Waals surface area contributed by atoms with E-state index in [0.717, 1.165) is 0 Å². The molecule has 1 aliphatic rings. The smallest absolute Gasteiger partial charge is 0.404 e. The molecular formula is C4H8BNO4. The molecule has 0 aromatic carbocycles. The lowest BCUT2D eigenvalue weighted by molar-refractivity contribution is -0.530. The minimum absolute atomic E-state index is 0.161. The summed E-state index contributed by atoms with van der Waals surface area (Å²) in [6.07, 6.45) is 0. The standard InChI is InChI=1S/C4H8BNO4/c1-5-9-2-4(3-10-5)6(7)8/h4H,2-3H2,1H3. The van der Waals surface area contributed by atoms with Crippen molar-refractivity contribution >= 4 is 7.12 Å². The molecule has 0 radical (unpaired) electrons. The van der Waals surface area contributed by atoms with Crippen molar-refractivity contribution < 1.29 is 14.2 Å². The zero-order chi connectivity index (χ0) is 7.56. The highest BCUT2D eigenvalue weighted by Crippen LogP contribution is 2.03. The Bertz CT molecular complexity index is 133. The van der Waals surface area contributed by atoms with E-state index < -0.39 is 6.04 Å². The van der Waals surface area contributed by atoms with Crippen molar-refractivity contribution in [3.8, 4) is 0 Å². The first-order chi connectivity index (χ1) is 4.70. The fourth-order valence-corrected chi connectivity index (χ4v) is 0.711. The van der Waals surface area contributed by atoms with Crippen LogP contribution in [0.3, 0.4) is 0 Å². The van der Waals surface area contributed by atoms with Gasteiger partial charge in [0, 0.05) is 4.92 Å². The van der Waals surface area contributed by atoms with Gasteiger partial charge in [0.2, 0.25) is 0 Å². The van der Waals surface area contributed by atoms with Crippen molar-refractivity contribution in [3.63, 3.8) is 0 Å². The summed E-state index contributed by atoms with van der Waals surface area (Å²) in [6, 6.07) is -0.684. The summed E-state index contributed by atoms with van der Waals surface area (Å²) in [5, 5.41) is 10.1. The Hall–Kier alpha value is -0.615. The van der Waals surface area contributed by atoms with Crippen LogP contribution in [-0.4, -0.2) is 31.3 Å². The lowest BCUT2D eigenvalue weighted by Gasteiger charge is -2.19. The van der Waals surface area contributed by atoms with Gasteiger partial charge < -0.3 is 9.31 Å². The highest BCUT2D eigenvalue weighted by molar-refractivity contribution is 6.42. The van der Waals surface area contributed by atoms with E-state index in [9.17, 15) is 10.1 Å². The van der Waals surface area contributed by atoms with Gasteiger partial charge in [0.25, 0.3) is 6.04 Å². The second-order valence-corrected chi connectivity index (χ2v) is 2.17. The number of rotatable bonds is 1. The Morgan fingerprint density at radius 3 is 2.50 bits per heavy atom. The van der Waals surface area contributed by atoms with Gasteiger partial charge in [-0.15, -0.1) is 0 Å². The normalized spacial score (nSPS) is 21.1. The molecule has 1 saturated heterocycles. The van der Waals surface area contributed by atoms with Gasteiger partial charge in [0.1, 0.15) is 13.2 Å². The number of nitrogens with zero attached hydrogens (tertiary/aromatic N) is 1. The minimum atomic E-state index is -0.684. The maximum atomic E-state index is 10.1. The third-order valence-electron chi connectivity index (χ3n) is 1.34. The lowest BCUT2D eigenvalue weighted by Crippen LogP contribution is -2.41. The third kappa shape index (κ3) is 1.68. The van der Waals surface area contributed by atoms with E-state index >= 15 is 0 Å². The monoisotopic (exact) mass is 145 g/mol. The van der Waals surface area contributed by atoms with Crippen molar-refractivity contribution in [3.05, 3.63) is 10.1 Å². The molecule has 0 aromatic heterocycles. The molecule has 0 saturated carbocycles. The van der Waals surface area contributed by atoms with Crippen LogP contribution in [0.2, 0.25) is 6.82 Å². The SMILES string of the molecule is CB1OCC([N+](=O)[O-])CO1. The van der Waals surface area contributed by atoms with Gasteiger partial charge in [-0.05, 0) is 6.82 Å². The maximum Gasteiger partial charge on any atom is 0.454 e. The van der Waals surface area contributed by atoms with Crippen LogP contribution in [0.25, 0.3) is 0 Å². The summed E-state index contributed by atoms with van der Waals surface area (Å²) >= 11 is 0. The Labute approximate surface area is 58.6 Å². The first kappa shape index (κ1) is 7.49. The van der Waals surface area contributed by atoms with Gasteiger partial charge in [-0.1, -0.05) is 0 Å². The van der Waals surface area contributed by atoms with Crippen LogP contribution in [0.5, 0.6) is 0 Å². The Morgan fingerprint density at radius 1 is 1.60 bits per heavy atom. The second kappa shape index (κ2) is 2.98. The lowest BCUT2D eigenvalue weighted by atomic mass is 9.93. The molecule has 0 atom stereocenters. The van der Waals surface area contributed by atoms with Crippen LogP contribution in [0.1, 0.15) is 0 Å². The van der Waals surface area contributed by atoms with Crippen molar-refractivity contribution in [2.45, 2.75) is 12.9 Å². The van der Waals surface area contributed by atoms with Crippen molar-refractivity contribution in [2.24, 2.45) is 0 Å². The number of hydrogen-bond donors (Lipinski definition) is 0. The number of hydrogen-bond acceptors (Lipinski definition) is 4. The molecule has 0 bridgehead atoms. The summed E-state index contributed by atoms with van der Waals surface area (Å²) in [5.41, 5.74) is 0. The Balaban J connectivity index is 2.33. The van der Waals surface area contributed by atoms with Gasteiger partial charge in [-0.3, -0.25) is 10.1 Å². The third-order valence-corrected chi connectivity index (χ3v) is 1.34. The largest absolute Gasteiger partial charge is 0.454 e. The van der Waals surface area contributed by atoms with Crippen LogP contribution in [-0.2, 0) is 9.31 Å². The molecule has 1 aliphatic heterocycles. The average Bonchev–Trinajstić information content (AvgIpc) is 1.88. The zero-order valence-corrected chi connectivity index (χ0v) is 5.65. The predicted molar refractivity (Wildman–Crippen MR) is 34.3 cm³/mol.